The molecule has 4 N–H and O–H groups in total. The second-order valence-corrected chi connectivity index (χ2v) is 8.14. The Morgan fingerprint density at radius 2 is 1.64 bits per heavy atom. The van der Waals surface area contributed by atoms with Gasteiger partial charge in [-0.25, -0.2) is 0 Å². The molecule has 0 fully saturated rings. The minimum Gasteiger partial charge on any atom is -0.366 e. The van der Waals surface area contributed by atoms with Gasteiger partial charge in [0.15, 0.2) is 0 Å². The maximum absolute atomic E-state index is 11.6. The van der Waals surface area contributed by atoms with E-state index in [9.17, 15) is 4.79 Å². The normalized spacial score (nSPS) is 10.9. The third kappa shape index (κ3) is 4.36. The first-order valence-corrected chi connectivity index (χ1v) is 10.8. The smallest absolute Gasteiger partial charge is 0.248 e. The van der Waals surface area contributed by atoms with Crippen molar-refractivity contribution in [3.63, 3.8) is 0 Å². The van der Waals surface area contributed by atoms with E-state index in [1.807, 2.05) is 18.2 Å². The minimum absolute atomic E-state index is 0. The quantitative estimate of drug-likeness (QED) is 0.353. The molecular formula is C28H26ClN3O. The first-order chi connectivity index (χ1) is 15.6. The number of aromatic nitrogens is 1. The summed E-state index contributed by atoms with van der Waals surface area (Å²) in [6, 6.07) is 29.1. The van der Waals surface area contributed by atoms with E-state index in [-0.39, 0.29) is 12.4 Å². The summed E-state index contributed by atoms with van der Waals surface area (Å²) < 4.78 is 2.23. The second kappa shape index (κ2) is 9.49. The molecule has 0 bridgehead atoms. The Morgan fingerprint density at radius 3 is 2.45 bits per heavy atom. The lowest BCUT2D eigenvalue weighted by molar-refractivity contribution is 0.1000. The standard InChI is InChI=1S/C28H25N3O.ClH/c29-14-13-23-18-31(17-19-5-3-8-22(15-19)28(30)32)27-12-11-21(16-26(23)27)25-10-4-7-20-6-1-2-9-24(20)25;/h1-12,15-16,18H,13-14,17,29H2,(H2,30,32);1H. The number of nitrogens with zero attached hydrogens (tertiary/aromatic N) is 1. The van der Waals surface area contributed by atoms with Crippen molar-refractivity contribution in [2.75, 3.05) is 6.54 Å². The van der Waals surface area contributed by atoms with E-state index >= 15 is 0 Å². The van der Waals surface area contributed by atoms with Crippen LogP contribution in [-0.4, -0.2) is 17.0 Å². The zero-order chi connectivity index (χ0) is 22.1. The zero-order valence-corrected chi connectivity index (χ0v) is 19.0. The number of primary amides is 1. The van der Waals surface area contributed by atoms with Crippen molar-refractivity contribution in [3.8, 4) is 11.1 Å². The van der Waals surface area contributed by atoms with E-state index in [2.05, 4.69) is 71.4 Å². The molecule has 0 radical (unpaired) electrons. The van der Waals surface area contributed by atoms with Crippen LogP contribution in [0.4, 0.5) is 0 Å². The van der Waals surface area contributed by atoms with E-state index < -0.39 is 5.91 Å². The molecule has 0 aliphatic heterocycles. The summed E-state index contributed by atoms with van der Waals surface area (Å²) in [4.78, 5) is 11.6. The Bertz CT molecular complexity index is 1450. The first kappa shape index (κ1) is 22.6. The van der Waals surface area contributed by atoms with Gasteiger partial charge in [0.05, 0.1) is 0 Å². The number of halogens is 1. The monoisotopic (exact) mass is 455 g/mol. The molecule has 1 amide bonds. The van der Waals surface area contributed by atoms with Crippen molar-refractivity contribution in [3.05, 3.63) is 108 Å². The molecule has 0 saturated heterocycles. The van der Waals surface area contributed by atoms with Crippen LogP contribution in [0.25, 0.3) is 32.8 Å². The maximum Gasteiger partial charge on any atom is 0.248 e. The van der Waals surface area contributed by atoms with Crippen LogP contribution in [0, 0.1) is 0 Å². The molecule has 0 atom stereocenters. The molecule has 0 spiro atoms. The molecule has 166 valence electrons. The largest absolute Gasteiger partial charge is 0.366 e. The number of rotatable bonds is 6. The summed E-state index contributed by atoms with van der Waals surface area (Å²) in [5.41, 5.74) is 17.8. The summed E-state index contributed by atoms with van der Waals surface area (Å²) >= 11 is 0. The van der Waals surface area contributed by atoms with Gasteiger partial charge in [0, 0.05) is 29.2 Å². The molecule has 33 heavy (non-hydrogen) atoms. The fraction of sp³-hybridized carbons (Fsp3) is 0.107. The Labute approximate surface area is 199 Å². The van der Waals surface area contributed by atoms with Crippen molar-refractivity contribution >= 4 is 40.0 Å². The highest BCUT2D eigenvalue weighted by molar-refractivity contribution is 5.99. The van der Waals surface area contributed by atoms with E-state index in [0.29, 0.717) is 18.7 Å². The molecule has 0 aliphatic carbocycles. The summed E-state index contributed by atoms with van der Waals surface area (Å²) in [7, 11) is 0. The van der Waals surface area contributed by atoms with Crippen molar-refractivity contribution < 1.29 is 4.79 Å². The second-order valence-electron chi connectivity index (χ2n) is 8.14. The summed E-state index contributed by atoms with van der Waals surface area (Å²) in [6.45, 7) is 1.25. The van der Waals surface area contributed by atoms with Crippen molar-refractivity contribution in [1.82, 2.24) is 4.57 Å². The molecule has 0 saturated carbocycles. The lowest BCUT2D eigenvalue weighted by Crippen LogP contribution is -2.11. The Balaban J connectivity index is 0.00000259. The van der Waals surface area contributed by atoms with Gasteiger partial charge < -0.3 is 16.0 Å². The topological polar surface area (TPSA) is 74.0 Å². The molecule has 5 aromatic rings. The first-order valence-electron chi connectivity index (χ1n) is 10.8. The molecule has 1 heterocycles. The predicted octanol–water partition coefficient (Wildman–Crippen LogP) is 5.53. The molecule has 4 aromatic carbocycles. The van der Waals surface area contributed by atoms with Crippen LogP contribution in [0.1, 0.15) is 21.5 Å². The molecular weight excluding hydrogens is 430 g/mol. The maximum atomic E-state index is 11.6. The summed E-state index contributed by atoms with van der Waals surface area (Å²) in [6.07, 6.45) is 2.99. The highest BCUT2D eigenvalue weighted by Gasteiger charge is 2.12. The van der Waals surface area contributed by atoms with Gasteiger partial charge in [0.2, 0.25) is 5.91 Å². The van der Waals surface area contributed by atoms with E-state index in [0.717, 1.165) is 17.5 Å². The van der Waals surface area contributed by atoms with Gasteiger partial charge in [0.1, 0.15) is 0 Å². The van der Waals surface area contributed by atoms with Crippen molar-refractivity contribution in [2.24, 2.45) is 11.5 Å². The van der Waals surface area contributed by atoms with E-state index in [4.69, 9.17) is 11.5 Å². The Morgan fingerprint density at radius 1 is 0.848 bits per heavy atom. The number of hydrogen-bond acceptors (Lipinski definition) is 2. The van der Waals surface area contributed by atoms with Gasteiger partial charge in [-0.15, -0.1) is 12.4 Å². The summed E-state index contributed by atoms with van der Waals surface area (Å²) in [5.74, 6) is -0.409. The lowest BCUT2D eigenvalue weighted by Gasteiger charge is -2.09. The van der Waals surface area contributed by atoms with Crippen LogP contribution < -0.4 is 11.5 Å². The van der Waals surface area contributed by atoms with Crippen LogP contribution in [-0.2, 0) is 13.0 Å². The average molecular weight is 456 g/mol. The molecule has 1 aromatic heterocycles. The van der Waals surface area contributed by atoms with E-state index in [1.54, 1.807) is 6.07 Å². The molecule has 0 aliphatic rings. The van der Waals surface area contributed by atoms with Crippen LogP contribution in [0.3, 0.4) is 0 Å². The van der Waals surface area contributed by atoms with E-state index in [1.165, 1.54) is 32.8 Å². The van der Waals surface area contributed by atoms with Crippen LogP contribution in [0.2, 0.25) is 0 Å². The number of amides is 1. The van der Waals surface area contributed by atoms with Crippen molar-refractivity contribution in [1.29, 1.82) is 0 Å². The number of carbonyl (C=O) groups excluding carboxylic acids is 1. The highest BCUT2D eigenvalue weighted by atomic mass is 35.5. The zero-order valence-electron chi connectivity index (χ0n) is 18.2. The molecule has 4 nitrogen and oxygen atoms in total. The number of carbonyl (C=O) groups is 1. The van der Waals surface area contributed by atoms with Gasteiger partial charge in [-0.1, -0.05) is 60.7 Å². The van der Waals surface area contributed by atoms with Crippen LogP contribution in [0.15, 0.2) is 91.1 Å². The SMILES string of the molecule is Cl.NCCc1cn(Cc2cccc(C(N)=O)c2)c2ccc(-c3cccc4ccccc34)cc12. The lowest BCUT2D eigenvalue weighted by atomic mass is 9.96. The van der Waals surface area contributed by atoms with Gasteiger partial charge >= 0.3 is 0 Å². The van der Waals surface area contributed by atoms with Crippen LogP contribution >= 0.6 is 12.4 Å². The van der Waals surface area contributed by atoms with Crippen LogP contribution in [0.5, 0.6) is 0 Å². The fourth-order valence-corrected chi connectivity index (χ4v) is 4.52. The number of fused-ring (bicyclic) bond motifs is 2. The molecule has 0 unspecified atom stereocenters. The predicted molar refractivity (Wildman–Crippen MR) is 139 cm³/mol. The van der Waals surface area contributed by atoms with Gasteiger partial charge in [0.25, 0.3) is 0 Å². The third-order valence-electron chi connectivity index (χ3n) is 6.04. The third-order valence-corrected chi connectivity index (χ3v) is 6.04. The minimum atomic E-state index is -0.409. The summed E-state index contributed by atoms with van der Waals surface area (Å²) in [5, 5.41) is 3.70. The average Bonchev–Trinajstić information content (AvgIpc) is 3.15. The number of nitrogens with two attached hydrogens (primary N) is 2. The van der Waals surface area contributed by atoms with Gasteiger partial charge in [-0.05, 0) is 70.3 Å². The fourth-order valence-electron chi connectivity index (χ4n) is 4.52. The Hall–Kier alpha value is -3.60. The molecule has 5 heteroatoms. The van der Waals surface area contributed by atoms with Crippen molar-refractivity contribution in [2.45, 2.75) is 13.0 Å². The Kier molecular flexibility index (Phi) is 6.50. The number of hydrogen-bond donors (Lipinski definition) is 2. The molecule has 5 rings (SSSR count). The van der Waals surface area contributed by atoms with Gasteiger partial charge in [-0.2, -0.15) is 0 Å². The van der Waals surface area contributed by atoms with Gasteiger partial charge in [-0.3, -0.25) is 4.79 Å². The highest BCUT2D eigenvalue weighted by Crippen LogP contribution is 2.33. The number of benzene rings is 4.